The van der Waals surface area contributed by atoms with E-state index in [1.165, 1.54) is 11.8 Å². The number of methoxy groups -OCH3 is 2. The normalized spacial score (nSPS) is 16.7. The van der Waals surface area contributed by atoms with Crippen molar-refractivity contribution in [3.05, 3.63) is 53.6 Å². The number of amidine groups is 2. The average molecular weight is 467 g/mol. The van der Waals surface area contributed by atoms with Gasteiger partial charge in [-0.2, -0.15) is 0 Å². The van der Waals surface area contributed by atoms with Gasteiger partial charge in [-0.25, -0.2) is 9.89 Å². The summed E-state index contributed by atoms with van der Waals surface area (Å²) in [5.41, 5.74) is 2.38. The third-order valence-electron chi connectivity index (χ3n) is 5.42. The smallest absolute Gasteiger partial charge is 0.259 e. The van der Waals surface area contributed by atoms with Crippen LogP contribution in [0.4, 0.5) is 5.69 Å². The molecule has 2 heterocycles. The van der Waals surface area contributed by atoms with Crippen LogP contribution in [0.2, 0.25) is 0 Å². The largest absolute Gasteiger partial charge is 0.493 e. The zero-order valence-corrected chi connectivity index (χ0v) is 19.8. The zero-order chi connectivity index (χ0) is 23.5. The summed E-state index contributed by atoms with van der Waals surface area (Å²) in [5.74, 6) is 1.68. The Balaban J connectivity index is 1.47. The zero-order valence-electron chi connectivity index (χ0n) is 19.0. The van der Waals surface area contributed by atoms with Crippen molar-refractivity contribution in [1.82, 2.24) is 10.2 Å². The number of thioether (sulfide) groups is 1. The fraction of sp³-hybridized carbons (Fsp3) is 0.333. The highest BCUT2D eigenvalue weighted by Crippen LogP contribution is 2.35. The summed E-state index contributed by atoms with van der Waals surface area (Å²) in [4.78, 5) is 36.6. The summed E-state index contributed by atoms with van der Waals surface area (Å²) in [6.45, 7) is 4.24. The van der Waals surface area contributed by atoms with Gasteiger partial charge in [0.2, 0.25) is 5.91 Å². The highest BCUT2D eigenvalue weighted by Gasteiger charge is 2.42. The van der Waals surface area contributed by atoms with Crippen molar-refractivity contribution in [2.45, 2.75) is 26.4 Å². The molecular weight excluding hydrogens is 440 g/mol. The van der Waals surface area contributed by atoms with Gasteiger partial charge in [0.05, 0.1) is 25.7 Å². The van der Waals surface area contributed by atoms with Crippen molar-refractivity contribution >= 4 is 40.3 Å². The van der Waals surface area contributed by atoms with Gasteiger partial charge in [-0.05, 0) is 24.1 Å². The van der Waals surface area contributed by atoms with Crippen LogP contribution in [0, 0.1) is 5.92 Å². The van der Waals surface area contributed by atoms with Crippen LogP contribution in [-0.4, -0.2) is 53.7 Å². The Hall–Kier alpha value is -3.33. The number of hydrogen-bond donors (Lipinski definition) is 1. The van der Waals surface area contributed by atoms with Crippen molar-refractivity contribution in [3.63, 3.8) is 0 Å². The number of ether oxygens (including phenoxy) is 2. The Kier molecular flexibility index (Phi) is 6.69. The van der Waals surface area contributed by atoms with Crippen LogP contribution < -0.4 is 14.8 Å². The van der Waals surface area contributed by atoms with Crippen LogP contribution in [0.25, 0.3) is 0 Å². The summed E-state index contributed by atoms with van der Waals surface area (Å²) >= 11 is 1.22. The topological polar surface area (TPSA) is 92.6 Å². The van der Waals surface area contributed by atoms with Crippen LogP contribution in [0.1, 0.15) is 25.0 Å². The summed E-state index contributed by atoms with van der Waals surface area (Å²) in [6.07, 6.45) is 0. The van der Waals surface area contributed by atoms with E-state index >= 15 is 0 Å². The number of amides is 2. The van der Waals surface area contributed by atoms with Gasteiger partial charge in [0, 0.05) is 17.7 Å². The fourth-order valence-corrected chi connectivity index (χ4v) is 4.60. The van der Waals surface area contributed by atoms with Crippen molar-refractivity contribution in [2.24, 2.45) is 15.9 Å². The van der Waals surface area contributed by atoms with Gasteiger partial charge < -0.3 is 14.8 Å². The van der Waals surface area contributed by atoms with Crippen LogP contribution >= 0.6 is 11.8 Å². The minimum absolute atomic E-state index is 0.0650. The van der Waals surface area contributed by atoms with Crippen molar-refractivity contribution in [3.8, 4) is 11.5 Å². The molecule has 0 radical (unpaired) electrons. The molecule has 1 unspecified atom stereocenters. The van der Waals surface area contributed by atoms with Gasteiger partial charge in [-0.3, -0.25) is 14.6 Å². The SMILES string of the molecule is COc1cccc(CNC(=O)CSC2=Nc3ccccc3C3=NC(C(C)C)C(=O)N23)c1OC. The van der Waals surface area contributed by atoms with Crippen molar-refractivity contribution < 1.29 is 19.1 Å². The number of rotatable bonds is 7. The second kappa shape index (κ2) is 9.66. The third kappa shape index (κ3) is 4.45. The number of carbonyl (C=O) groups is 2. The number of fused-ring (bicyclic) bond motifs is 3. The monoisotopic (exact) mass is 466 g/mol. The molecule has 4 rings (SSSR count). The molecule has 0 bridgehead atoms. The van der Waals surface area contributed by atoms with Crippen LogP contribution in [0.3, 0.4) is 0 Å². The molecule has 33 heavy (non-hydrogen) atoms. The van der Waals surface area contributed by atoms with Crippen LogP contribution in [-0.2, 0) is 16.1 Å². The molecule has 1 atom stereocenters. The number of hydrogen-bond acceptors (Lipinski definition) is 7. The molecule has 0 saturated heterocycles. The van der Waals surface area contributed by atoms with E-state index in [9.17, 15) is 9.59 Å². The van der Waals surface area contributed by atoms with E-state index in [0.717, 1.165) is 16.8 Å². The van der Waals surface area contributed by atoms with Crippen molar-refractivity contribution in [1.29, 1.82) is 0 Å². The first-order valence-corrected chi connectivity index (χ1v) is 11.6. The molecule has 172 valence electrons. The first-order chi connectivity index (χ1) is 15.9. The van der Waals surface area contributed by atoms with E-state index < -0.39 is 6.04 Å². The molecule has 1 N–H and O–H groups in total. The third-order valence-corrected chi connectivity index (χ3v) is 6.36. The maximum Gasteiger partial charge on any atom is 0.259 e. The van der Waals surface area contributed by atoms with Gasteiger partial charge >= 0.3 is 0 Å². The lowest BCUT2D eigenvalue weighted by atomic mass is 10.1. The lowest BCUT2D eigenvalue weighted by Gasteiger charge is -2.25. The molecule has 8 nitrogen and oxygen atoms in total. The molecule has 2 aliphatic rings. The summed E-state index contributed by atoms with van der Waals surface area (Å²) in [5, 5.41) is 3.36. The van der Waals surface area contributed by atoms with Crippen LogP contribution in [0.15, 0.2) is 52.4 Å². The minimum Gasteiger partial charge on any atom is -0.493 e. The Morgan fingerprint density at radius 2 is 1.94 bits per heavy atom. The summed E-state index contributed by atoms with van der Waals surface area (Å²) in [6, 6.07) is 12.7. The number of nitrogens with zero attached hydrogens (tertiary/aromatic N) is 3. The van der Waals surface area contributed by atoms with Gasteiger partial charge in [0.1, 0.15) is 11.9 Å². The minimum atomic E-state index is -0.452. The quantitative estimate of drug-likeness (QED) is 0.676. The molecule has 2 aromatic carbocycles. The second-order valence-corrected chi connectivity index (χ2v) is 8.89. The second-order valence-electron chi connectivity index (χ2n) is 7.94. The Morgan fingerprint density at radius 1 is 1.15 bits per heavy atom. The first kappa shape index (κ1) is 22.8. The molecular formula is C24H26N4O4S. The Bertz CT molecular complexity index is 1150. The molecule has 2 amide bonds. The average Bonchev–Trinajstić information content (AvgIpc) is 3.18. The molecule has 0 saturated carbocycles. The Morgan fingerprint density at radius 3 is 2.67 bits per heavy atom. The molecule has 2 aromatic rings. The first-order valence-electron chi connectivity index (χ1n) is 10.6. The fourth-order valence-electron chi connectivity index (χ4n) is 3.77. The maximum absolute atomic E-state index is 13.1. The van der Waals surface area contributed by atoms with E-state index in [2.05, 4.69) is 10.3 Å². The highest BCUT2D eigenvalue weighted by molar-refractivity contribution is 8.14. The van der Waals surface area contributed by atoms with E-state index in [0.29, 0.717) is 29.0 Å². The molecule has 0 spiro atoms. The van der Waals surface area contributed by atoms with Gasteiger partial charge in [0.25, 0.3) is 5.91 Å². The van der Waals surface area contributed by atoms with E-state index in [4.69, 9.17) is 14.5 Å². The molecule has 2 aliphatic heterocycles. The predicted molar refractivity (Wildman–Crippen MR) is 129 cm³/mol. The Labute approximate surface area is 197 Å². The van der Waals surface area contributed by atoms with Gasteiger partial charge in [0.15, 0.2) is 16.7 Å². The molecule has 0 aliphatic carbocycles. The van der Waals surface area contributed by atoms with E-state index in [1.807, 2.05) is 50.2 Å². The van der Waals surface area contributed by atoms with Gasteiger partial charge in [-0.15, -0.1) is 0 Å². The van der Waals surface area contributed by atoms with Gasteiger partial charge in [-0.1, -0.05) is 49.9 Å². The van der Waals surface area contributed by atoms with E-state index in [-0.39, 0.29) is 23.5 Å². The number of para-hydroxylation sites is 2. The molecule has 0 aromatic heterocycles. The number of nitrogens with one attached hydrogen (secondary N) is 1. The number of aliphatic imine (C=N–C) groups is 2. The van der Waals surface area contributed by atoms with Crippen LogP contribution in [0.5, 0.6) is 11.5 Å². The lowest BCUT2D eigenvalue weighted by Crippen LogP contribution is -2.42. The summed E-state index contributed by atoms with van der Waals surface area (Å²) in [7, 11) is 3.13. The number of carbonyl (C=O) groups excluding carboxylic acids is 2. The highest BCUT2D eigenvalue weighted by atomic mass is 32.2. The lowest BCUT2D eigenvalue weighted by molar-refractivity contribution is -0.125. The van der Waals surface area contributed by atoms with Crippen molar-refractivity contribution in [2.75, 3.05) is 20.0 Å². The molecule has 0 fully saturated rings. The van der Waals surface area contributed by atoms with E-state index in [1.54, 1.807) is 25.2 Å². The summed E-state index contributed by atoms with van der Waals surface area (Å²) < 4.78 is 10.7. The maximum atomic E-state index is 13.1. The number of benzene rings is 2. The molecule has 9 heteroatoms. The standard InChI is InChI=1S/C24H26N4O4S/c1-14(2)20-23(30)28-22(27-20)16-9-5-6-10-17(16)26-24(28)33-13-19(29)25-12-15-8-7-11-18(31-3)21(15)32-4/h5-11,14,20H,12-13H2,1-4H3,(H,25,29). The predicted octanol–water partition coefficient (Wildman–Crippen LogP) is 3.37.